The number of hydrogen-bond acceptors (Lipinski definition) is 6. The van der Waals surface area contributed by atoms with Crippen molar-refractivity contribution in [3.05, 3.63) is 83.4 Å². The number of esters is 1. The highest BCUT2D eigenvalue weighted by Gasteiger charge is 2.50. The number of carbonyl (C=O) groups excluding carboxylic acids is 3. The third kappa shape index (κ3) is 7.92. The first kappa shape index (κ1) is 30.5. The van der Waals surface area contributed by atoms with E-state index in [0.717, 1.165) is 74.5 Å². The molecule has 2 fully saturated rings. The first-order chi connectivity index (χ1) is 21.0. The number of ether oxygens (including phenoxy) is 2. The Morgan fingerprint density at radius 2 is 1.79 bits per heavy atom. The second-order valence-electron chi connectivity index (χ2n) is 11.9. The maximum Gasteiger partial charge on any atom is 0.312 e. The van der Waals surface area contributed by atoms with Crippen molar-refractivity contribution in [3.8, 4) is 0 Å². The van der Waals surface area contributed by atoms with E-state index in [4.69, 9.17) is 9.47 Å². The van der Waals surface area contributed by atoms with Crippen LogP contribution in [-0.2, 0) is 30.4 Å². The molecule has 1 unspecified atom stereocenters. The van der Waals surface area contributed by atoms with Crippen molar-refractivity contribution < 1.29 is 23.9 Å². The van der Waals surface area contributed by atoms with Gasteiger partial charge in [-0.1, -0.05) is 67.5 Å². The molecule has 8 heteroatoms. The predicted octanol–water partition coefficient (Wildman–Crippen LogP) is 5.87. The Morgan fingerprint density at radius 1 is 1.07 bits per heavy atom. The molecule has 43 heavy (non-hydrogen) atoms. The van der Waals surface area contributed by atoms with Crippen LogP contribution in [0.1, 0.15) is 87.3 Å². The van der Waals surface area contributed by atoms with Crippen molar-refractivity contribution in [3.63, 3.8) is 0 Å². The monoisotopic (exact) mass is 585 g/mol. The van der Waals surface area contributed by atoms with Crippen molar-refractivity contribution in [1.82, 2.24) is 10.3 Å². The molecule has 0 spiro atoms. The Bertz CT molecular complexity index is 1310. The van der Waals surface area contributed by atoms with Crippen molar-refractivity contribution in [2.24, 2.45) is 16.4 Å². The molecule has 0 radical (unpaired) electrons. The van der Waals surface area contributed by atoms with E-state index in [1.54, 1.807) is 0 Å². The molecule has 1 N–H and O–H groups in total. The highest BCUT2D eigenvalue weighted by atomic mass is 16.5. The summed E-state index contributed by atoms with van der Waals surface area (Å²) in [6, 6.07) is 17.6. The Morgan fingerprint density at radius 3 is 2.49 bits per heavy atom. The Kier molecular flexibility index (Phi) is 10.3. The summed E-state index contributed by atoms with van der Waals surface area (Å²) in [5, 5.41) is 9.08. The summed E-state index contributed by atoms with van der Waals surface area (Å²) in [4.78, 5) is 38.1. The Labute approximate surface area is 254 Å². The second-order valence-corrected chi connectivity index (χ2v) is 11.9. The predicted molar refractivity (Wildman–Crippen MR) is 165 cm³/mol. The summed E-state index contributed by atoms with van der Waals surface area (Å²) in [7, 11) is 0. The van der Waals surface area contributed by atoms with Crippen molar-refractivity contribution in [2.75, 3.05) is 19.8 Å². The summed E-state index contributed by atoms with van der Waals surface area (Å²) < 4.78 is 10.8. The topological polar surface area (TPSA) is 97.3 Å². The van der Waals surface area contributed by atoms with Gasteiger partial charge in [-0.05, 0) is 81.0 Å². The largest absolute Gasteiger partial charge is 0.466 e. The maximum absolute atomic E-state index is 13.4. The van der Waals surface area contributed by atoms with E-state index in [0.29, 0.717) is 31.5 Å². The van der Waals surface area contributed by atoms with Crippen LogP contribution in [0.2, 0.25) is 0 Å². The Balaban J connectivity index is 1.14. The molecule has 5 rings (SSSR count). The lowest BCUT2D eigenvalue weighted by Gasteiger charge is -2.25. The minimum atomic E-state index is -0.255. The van der Waals surface area contributed by atoms with Gasteiger partial charge in [-0.15, -0.1) is 5.10 Å². The third-order valence-corrected chi connectivity index (χ3v) is 8.81. The lowest BCUT2D eigenvalue weighted by atomic mass is 9.83. The maximum atomic E-state index is 13.4. The van der Waals surface area contributed by atoms with Gasteiger partial charge in [0.15, 0.2) is 6.61 Å². The van der Waals surface area contributed by atoms with Crippen molar-refractivity contribution >= 4 is 23.7 Å². The van der Waals surface area contributed by atoms with Gasteiger partial charge in [0.05, 0.1) is 24.5 Å². The summed E-state index contributed by atoms with van der Waals surface area (Å²) in [5.74, 6) is 0.417. The number of carbonyl (C=O) groups is 3. The lowest BCUT2D eigenvalue weighted by molar-refractivity contribution is -0.150. The zero-order chi connectivity index (χ0) is 30.1. The van der Waals surface area contributed by atoms with E-state index in [2.05, 4.69) is 22.6 Å². The van der Waals surface area contributed by atoms with Crippen LogP contribution in [0.25, 0.3) is 0 Å². The molecule has 0 saturated heterocycles. The van der Waals surface area contributed by atoms with Crippen LogP contribution in [-0.4, -0.2) is 48.4 Å². The number of nitrogens with zero attached hydrogens (tertiary/aromatic N) is 2. The SMILES string of the molecule is CCOC(=O)C1(CCC=CCCNC(=O)C(c2ccc(CN3N=C(c4ccccc4)OCC3=O)cc2)C2CCCC2)CC1. The van der Waals surface area contributed by atoms with Gasteiger partial charge >= 0.3 is 5.97 Å². The van der Waals surface area contributed by atoms with E-state index in [-0.39, 0.29) is 35.7 Å². The molecule has 1 atom stereocenters. The van der Waals surface area contributed by atoms with Gasteiger partial charge < -0.3 is 14.8 Å². The van der Waals surface area contributed by atoms with E-state index in [1.807, 2.05) is 61.5 Å². The molecule has 228 valence electrons. The van der Waals surface area contributed by atoms with E-state index < -0.39 is 0 Å². The van der Waals surface area contributed by atoms with Crippen LogP contribution in [0.5, 0.6) is 0 Å². The molecule has 2 saturated carbocycles. The fraction of sp³-hybridized carbons (Fsp3) is 0.486. The molecule has 2 aromatic carbocycles. The number of allylic oxidation sites excluding steroid dienone is 1. The van der Waals surface area contributed by atoms with Crippen LogP contribution >= 0.6 is 0 Å². The van der Waals surface area contributed by atoms with Crippen LogP contribution in [0.3, 0.4) is 0 Å². The normalized spacial score (nSPS) is 18.7. The molecule has 8 nitrogen and oxygen atoms in total. The number of hydrogen-bond donors (Lipinski definition) is 1. The summed E-state index contributed by atoms with van der Waals surface area (Å²) >= 11 is 0. The van der Waals surface area contributed by atoms with Crippen molar-refractivity contribution in [2.45, 2.75) is 77.2 Å². The van der Waals surface area contributed by atoms with Gasteiger partial charge in [0.1, 0.15) is 0 Å². The molecular weight excluding hydrogens is 542 g/mol. The van der Waals surface area contributed by atoms with E-state index in [9.17, 15) is 14.4 Å². The molecule has 3 aliphatic rings. The highest BCUT2D eigenvalue weighted by Crippen LogP contribution is 2.50. The van der Waals surface area contributed by atoms with Gasteiger partial charge in [-0.3, -0.25) is 14.4 Å². The van der Waals surface area contributed by atoms with Gasteiger partial charge in [0, 0.05) is 12.1 Å². The fourth-order valence-corrected chi connectivity index (χ4v) is 6.15. The van der Waals surface area contributed by atoms with Gasteiger partial charge in [-0.2, -0.15) is 0 Å². The molecular formula is C35H43N3O5. The zero-order valence-electron chi connectivity index (χ0n) is 25.1. The first-order valence-corrected chi connectivity index (χ1v) is 15.7. The molecule has 2 aromatic rings. The zero-order valence-corrected chi connectivity index (χ0v) is 25.1. The third-order valence-electron chi connectivity index (χ3n) is 8.81. The number of rotatable bonds is 14. The fourth-order valence-electron chi connectivity index (χ4n) is 6.15. The minimum absolute atomic E-state index is 0.0424. The molecule has 1 aliphatic heterocycles. The number of amides is 2. The molecule has 0 aromatic heterocycles. The number of benzene rings is 2. The quantitative estimate of drug-likeness (QED) is 0.170. The van der Waals surface area contributed by atoms with Gasteiger partial charge in [0.25, 0.3) is 5.91 Å². The summed E-state index contributed by atoms with van der Waals surface area (Å²) in [6.45, 7) is 3.16. The van der Waals surface area contributed by atoms with Crippen molar-refractivity contribution in [1.29, 1.82) is 0 Å². The van der Waals surface area contributed by atoms with Crippen LogP contribution in [0.4, 0.5) is 0 Å². The smallest absolute Gasteiger partial charge is 0.312 e. The van der Waals surface area contributed by atoms with Gasteiger partial charge in [-0.25, -0.2) is 5.01 Å². The average Bonchev–Trinajstić information content (AvgIpc) is 3.63. The molecule has 0 bridgehead atoms. The van der Waals surface area contributed by atoms with Gasteiger partial charge in [0.2, 0.25) is 11.8 Å². The van der Waals surface area contributed by atoms with Crippen LogP contribution < -0.4 is 5.32 Å². The number of nitrogens with one attached hydrogen (secondary N) is 1. The van der Waals surface area contributed by atoms with E-state index >= 15 is 0 Å². The standard InChI is InChI=1S/C35H43N3O5/c1-2-42-34(41)35(21-22-35)20-10-3-4-11-23-36-32(40)31(27-12-8-9-13-27)28-18-16-26(17-19-28)24-38-30(39)25-43-33(37-38)29-14-6-5-7-15-29/h3-7,14-19,27,31H,2,8-13,20-25H2,1H3,(H,36,40). The number of hydrazone groups is 1. The van der Waals surface area contributed by atoms with Crippen LogP contribution in [0, 0.1) is 11.3 Å². The minimum Gasteiger partial charge on any atom is -0.466 e. The molecule has 2 aliphatic carbocycles. The lowest BCUT2D eigenvalue weighted by Crippen LogP contribution is -2.36. The summed E-state index contributed by atoms with van der Waals surface area (Å²) in [6.07, 6.45) is 12.9. The average molecular weight is 586 g/mol. The van der Waals surface area contributed by atoms with Crippen LogP contribution in [0.15, 0.2) is 71.9 Å². The highest BCUT2D eigenvalue weighted by molar-refractivity contribution is 5.97. The second kappa shape index (κ2) is 14.5. The molecule has 1 heterocycles. The summed E-state index contributed by atoms with van der Waals surface area (Å²) in [5.41, 5.74) is 2.53. The Hall–Kier alpha value is -3.94. The first-order valence-electron chi connectivity index (χ1n) is 15.7. The molecule has 2 amide bonds. The van der Waals surface area contributed by atoms with E-state index in [1.165, 1.54) is 5.01 Å².